The minimum absolute atomic E-state index is 0.257. The maximum atomic E-state index is 12.4. The first-order valence-corrected chi connectivity index (χ1v) is 7.79. The van der Waals surface area contributed by atoms with Gasteiger partial charge in [0.05, 0.1) is 17.9 Å². The molecule has 0 N–H and O–H groups in total. The summed E-state index contributed by atoms with van der Waals surface area (Å²) in [5, 5.41) is 0.443. The van der Waals surface area contributed by atoms with Crippen LogP contribution in [-0.2, 0) is 4.74 Å². The molecule has 1 amide bonds. The number of anilines is 1. The van der Waals surface area contributed by atoms with Crippen LogP contribution < -0.4 is 9.64 Å². The first-order valence-electron chi connectivity index (χ1n) is 7.42. The number of hydrogen-bond donors (Lipinski definition) is 0. The predicted molar refractivity (Wildman–Crippen MR) is 93.0 cm³/mol. The molecule has 0 aliphatic carbocycles. The van der Waals surface area contributed by atoms with E-state index in [1.54, 1.807) is 57.3 Å². The molecule has 0 saturated heterocycles. The highest BCUT2D eigenvalue weighted by atomic mass is 35.5. The van der Waals surface area contributed by atoms with Crippen molar-refractivity contribution >= 4 is 29.4 Å². The number of carbonyl (C=O) groups is 2. The van der Waals surface area contributed by atoms with Crippen molar-refractivity contribution in [1.29, 1.82) is 0 Å². The molecule has 24 heavy (non-hydrogen) atoms. The van der Waals surface area contributed by atoms with Gasteiger partial charge in [-0.3, -0.25) is 4.90 Å². The van der Waals surface area contributed by atoms with Gasteiger partial charge < -0.3 is 9.47 Å². The molecule has 0 aliphatic rings. The molecule has 2 rings (SSSR count). The number of benzene rings is 2. The van der Waals surface area contributed by atoms with Crippen molar-refractivity contribution in [3.63, 3.8) is 0 Å². The molecule has 2 aromatic rings. The molecule has 0 heterocycles. The second-order valence-electron chi connectivity index (χ2n) is 5.08. The van der Waals surface area contributed by atoms with E-state index >= 15 is 0 Å². The Hall–Kier alpha value is -2.53. The Morgan fingerprint density at radius 1 is 1.17 bits per heavy atom. The smallest absolute Gasteiger partial charge is 0.414 e. The summed E-state index contributed by atoms with van der Waals surface area (Å²) in [7, 11) is 1.56. The fourth-order valence-electron chi connectivity index (χ4n) is 2.12. The van der Waals surface area contributed by atoms with Gasteiger partial charge in [-0.2, -0.15) is 0 Å². The molecular formula is C18H18ClNO4. The highest BCUT2D eigenvalue weighted by Gasteiger charge is 2.20. The number of para-hydroxylation sites is 1. The van der Waals surface area contributed by atoms with Crippen molar-refractivity contribution < 1.29 is 19.1 Å². The normalized spacial score (nSPS) is 10.2. The summed E-state index contributed by atoms with van der Waals surface area (Å²) < 4.78 is 10.5. The lowest BCUT2D eigenvalue weighted by Gasteiger charge is -2.20. The minimum atomic E-state index is -0.551. The zero-order valence-electron chi connectivity index (χ0n) is 13.7. The molecular weight excluding hydrogens is 330 g/mol. The Bertz CT molecular complexity index is 760. The molecule has 0 bridgehead atoms. The van der Waals surface area contributed by atoms with Gasteiger partial charge in [0.2, 0.25) is 0 Å². The molecule has 0 radical (unpaired) electrons. The summed E-state index contributed by atoms with van der Waals surface area (Å²) in [6.45, 7) is 3.78. The van der Waals surface area contributed by atoms with Crippen LogP contribution in [-0.4, -0.2) is 25.7 Å². The van der Waals surface area contributed by atoms with E-state index in [0.29, 0.717) is 22.0 Å². The highest BCUT2D eigenvalue weighted by Crippen LogP contribution is 2.32. The summed E-state index contributed by atoms with van der Waals surface area (Å²) in [5.41, 5.74) is 1.50. The van der Waals surface area contributed by atoms with E-state index in [2.05, 4.69) is 0 Å². The number of halogens is 1. The van der Waals surface area contributed by atoms with Gasteiger partial charge in [0.15, 0.2) is 5.75 Å². The van der Waals surface area contributed by atoms with Gasteiger partial charge in [0.1, 0.15) is 0 Å². The van der Waals surface area contributed by atoms with Crippen LogP contribution in [0.25, 0.3) is 0 Å². The van der Waals surface area contributed by atoms with Crippen molar-refractivity contribution in [2.45, 2.75) is 13.8 Å². The lowest BCUT2D eigenvalue weighted by Crippen LogP contribution is -2.28. The maximum absolute atomic E-state index is 12.4. The molecule has 0 saturated carbocycles. The number of ether oxygens (including phenoxy) is 2. The van der Waals surface area contributed by atoms with Crippen LogP contribution in [0.15, 0.2) is 42.5 Å². The van der Waals surface area contributed by atoms with Gasteiger partial charge in [-0.15, -0.1) is 0 Å². The Labute approximate surface area is 145 Å². The minimum Gasteiger partial charge on any atom is -0.449 e. The van der Waals surface area contributed by atoms with Crippen LogP contribution in [0.3, 0.4) is 0 Å². The molecule has 5 nitrogen and oxygen atoms in total. The third-order valence-corrected chi connectivity index (χ3v) is 3.58. The van der Waals surface area contributed by atoms with Crippen molar-refractivity contribution in [1.82, 2.24) is 0 Å². The third kappa shape index (κ3) is 4.06. The molecule has 126 valence electrons. The van der Waals surface area contributed by atoms with Gasteiger partial charge in [-0.1, -0.05) is 29.8 Å². The second-order valence-corrected chi connectivity index (χ2v) is 5.52. The standard InChI is InChI=1S/C18H18ClNO4/c1-4-23-18(22)20(3)15-10-5-7-12(2)16(15)24-17(21)13-8-6-9-14(19)11-13/h5-11H,4H2,1-3H3. The van der Waals surface area contributed by atoms with Crippen LogP contribution in [0, 0.1) is 6.92 Å². The van der Waals surface area contributed by atoms with E-state index in [1.807, 2.05) is 0 Å². The fourth-order valence-corrected chi connectivity index (χ4v) is 2.31. The molecule has 0 unspecified atom stereocenters. The number of esters is 1. The van der Waals surface area contributed by atoms with Gasteiger partial charge >= 0.3 is 12.1 Å². The van der Waals surface area contributed by atoms with Gasteiger partial charge in [0, 0.05) is 12.1 Å². The summed E-state index contributed by atoms with van der Waals surface area (Å²) in [6, 6.07) is 11.7. The van der Waals surface area contributed by atoms with E-state index in [4.69, 9.17) is 21.1 Å². The lowest BCUT2D eigenvalue weighted by atomic mass is 10.1. The van der Waals surface area contributed by atoms with E-state index in [-0.39, 0.29) is 6.61 Å². The van der Waals surface area contributed by atoms with Crippen LogP contribution in [0.2, 0.25) is 5.02 Å². The number of hydrogen-bond acceptors (Lipinski definition) is 4. The van der Waals surface area contributed by atoms with Crippen molar-refractivity contribution in [3.8, 4) is 5.75 Å². The van der Waals surface area contributed by atoms with E-state index < -0.39 is 12.1 Å². The molecule has 0 aromatic heterocycles. The van der Waals surface area contributed by atoms with E-state index in [9.17, 15) is 9.59 Å². The first kappa shape index (κ1) is 17.8. The Morgan fingerprint density at radius 2 is 1.88 bits per heavy atom. The molecule has 0 fully saturated rings. The van der Waals surface area contributed by atoms with Crippen molar-refractivity contribution in [3.05, 3.63) is 58.6 Å². The van der Waals surface area contributed by atoms with Crippen LogP contribution in [0.4, 0.5) is 10.5 Å². The van der Waals surface area contributed by atoms with Crippen molar-refractivity contribution in [2.75, 3.05) is 18.6 Å². The molecule has 6 heteroatoms. The molecule has 0 atom stereocenters. The van der Waals surface area contributed by atoms with Gasteiger partial charge in [-0.05, 0) is 43.7 Å². The quantitative estimate of drug-likeness (QED) is 0.605. The fraction of sp³-hybridized carbons (Fsp3) is 0.222. The Kier molecular flexibility index (Phi) is 5.82. The summed E-state index contributed by atoms with van der Waals surface area (Å²) in [5.74, 6) is -0.247. The largest absolute Gasteiger partial charge is 0.449 e. The SMILES string of the molecule is CCOC(=O)N(C)c1cccc(C)c1OC(=O)c1cccc(Cl)c1. The average molecular weight is 348 g/mol. The molecule has 0 spiro atoms. The summed E-state index contributed by atoms with van der Waals surface area (Å²) >= 11 is 5.90. The van der Waals surface area contributed by atoms with Crippen molar-refractivity contribution in [2.24, 2.45) is 0 Å². The van der Waals surface area contributed by atoms with E-state index in [1.165, 1.54) is 11.0 Å². The summed E-state index contributed by atoms with van der Waals surface area (Å²) in [6.07, 6.45) is -0.525. The monoisotopic (exact) mass is 347 g/mol. The predicted octanol–water partition coefficient (Wildman–Crippen LogP) is 4.46. The van der Waals surface area contributed by atoms with Gasteiger partial charge in [-0.25, -0.2) is 9.59 Å². The Balaban J connectivity index is 2.33. The van der Waals surface area contributed by atoms with Crippen LogP contribution >= 0.6 is 11.6 Å². The van der Waals surface area contributed by atoms with Gasteiger partial charge in [0.25, 0.3) is 0 Å². The third-order valence-electron chi connectivity index (χ3n) is 3.35. The molecule has 0 aliphatic heterocycles. The topological polar surface area (TPSA) is 55.8 Å². The maximum Gasteiger partial charge on any atom is 0.414 e. The van der Waals surface area contributed by atoms with Crippen LogP contribution in [0.5, 0.6) is 5.75 Å². The Morgan fingerprint density at radius 3 is 2.54 bits per heavy atom. The van der Waals surface area contributed by atoms with E-state index in [0.717, 1.165) is 5.56 Å². The zero-order valence-corrected chi connectivity index (χ0v) is 14.5. The van der Waals surface area contributed by atoms with Crippen LogP contribution in [0.1, 0.15) is 22.8 Å². The second kappa shape index (κ2) is 7.84. The number of carbonyl (C=O) groups excluding carboxylic acids is 2. The first-order chi connectivity index (χ1) is 11.4. The number of amides is 1. The highest BCUT2D eigenvalue weighted by molar-refractivity contribution is 6.30. The number of nitrogens with zero attached hydrogens (tertiary/aromatic N) is 1. The number of aryl methyl sites for hydroxylation is 1. The lowest BCUT2D eigenvalue weighted by molar-refractivity contribution is 0.0733. The average Bonchev–Trinajstić information content (AvgIpc) is 2.56. The summed E-state index contributed by atoms with van der Waals surface area (Å²) in [4.78, 5) is 25.6. The zero-order chi connectivity index (χ0) is 17.7. The number of rotatable bonds is 4. The molecule has 2 aromatic carbocycles.